The third-order valence-corrected chi connectivity index (χ3v) is 6.96. The van der Waals surface area contributed by atoms with Crippen molar-refractivity contribution in [2.75, 3.05) is 32.8 Å². The highest BCUT2D eigenvalue weighted by molar-refractivity contribution is 7.89. The molecule has 0 aromatic heterocycles. The van der Waals surface area contributed by atoms with Crippen LogP contribution in [-0.2, 0) is 14.8 Å². The number of morpholine rings is 1. The molecule has 1 saturated heterocycles. The molecule has 1 aliphatic heterocycles. The van der Waals surface area contributed by atoms with E-state index in [1.165, 1.54) is 24.3 Å². The summed E-state index contributed by atoms with van der Waals surface area (Å²) in [5.74, 6) is 0. The highest BCUT2D eigenvalue weighted by atomic mass is 32.2. The molecule has 3 aromatic carbocycles. The minimum absolute atomic E-state index is 0.0857. The van der Waals surface area contributed by atoms with Gasteiger partial charge in [-0.05, 0) is 22.4 Å². The highest BCUT2D eigenvalue weighted by Crippen LogP contribution is 2.30. The van der Waals surface area contributed by atoms with Crippen molar-refractivity contribution in [2.24, 2.45) is 0 Å². The maximum atomic E-state index is 13.0. The third-order valence-electron chi connectivity index (χ3n) is 5.49. The van der Waals surface area contributed by atoms with E-state index in [9.17, 15) is 18.5 Å². The number of nitro benzene ring substituents is 1. The second kappa shape index (κ2) is 9.11. The van der Waals surface area contributed by atoms with Crippen LogP contribution in [0.4, 0.5) is 5.69 Å². The summed E-state index contributed by atoms with van der Waals surface area (Å²) in [5.41, 5.74) is 0.563. The standard InChI is InChI=1S/C22H23N3O5S/c26-25(27)20-10-3-4-11-22(20)31(28,29)23-16-21(24-12-14-30-15-13-24)19-9-5-7-17-6-1-2-8-18(17)19/h1-11,21,23H,12-16H2/t21-/m0/s1. The van der Waals surface area contributed by atoms with Crippen LogP contribution in [0, 0.1) is 10.1 Å². The Bertz CT molecular complexity index is 1190. The molecule has 0 saturated carbocycles. The Labute approximate surface area is 180 Å². The van der Waals surface area contributed by atoms with Crippen molar-refractivity contribution in [3.05, 3.63) is 82.4 Å². The Balaban J connectivity index is 1.68. The molecule has 4 rings (SSSR count). The summed E-state index contributed by atoms with van der Waals surface area (Å²) in [4.78, 5) is 12.5. The maximum absolute atomic E-state index is 13.0. The van der Waals surface area contributed by atoms with Crippen LogP contribution in [0.25, 0.3) is 10.8 Å². The molecular formula is C22H23N3O5S. The monoisotopic (exact) mass is 441 g/mol. The Morgan fingerprint density at radius 3 is 2.45 bits per heavy atom. The lowest BCUT2D eigenvalue weighted by atomic mass is 9.97. The largest absolute Gasteiger partial charge is 0.379 e. The molecule has 31 heavy (non-hydrogen) atoms. The molecule has 0 bridgehead atoms. The number of hydrogen-bond acceptors (Lipinski definition) is 6. The van der Waals surface area contributed by atoms with Gasteiger partial charge in [0.2, 0.25) is 10.0 Å². The van der Waals surface area contributed by atoms with Gasteiger partial charge in [0.15, 0.2) is 4.90 Å². The summed E-state index contributed by atoms with van der Waals surface area (Å²) in [6.07, 6.45) is 0. The van der Waals surface area contributed by atoms with Gasteiger partial charge in [0.05, 0.1) is 18.1 Å². The molecule has 162 valence electrons. The summed E-state index contributed by atoms with van der Waals surface area (Å²) in [7, 11) is -4.08. The SMILES string of the molecule is O=[N+]([O-])c1ccccc1S(=O)(=O)NC[C@@H](c1cccc2ccccc12)N1CCOCC1. The Hall–Kier alpha value is -2.85. The number of rotatable bonds is 7. The fourth-order valence-electron chi connectivity index (χ4n) is 3.97. The first-order chi connectivity index (χ1) is 15.0. The van der Waals surface area contributed by atoms with E-state index in [0.29, 0.717) is 26.3 Å². The molecule has 9 heteroatoms. The highest BCUT2D eigenvalue weighted by Gasteiger charge is 2.29. The molecule has 0 spiro atoms. The van der Waals surface area contributed by atoms with Gasteiger partial charge in [0.1, 0.15) is 0 Å². The van der Waals surface area contributed by atoms with Crippen molar-refractivity contribution in [1.29, 1.82) is 0 Å². The number of hydrogen-bond donors (Lipinski definition) is 1. The lowest BCUT2D eigenvalue weighted by molar-refractivity contribution is -0.387. The van der Waals surface area contributed by atoms with Crippen molar-refractivity contribution in [3.8, 4) is 0 Å². The predicted octanol–water partition coefficient (Wildman–Crippen LogP) is 3.10. The first-order valence-electron chi connectivity index (χ1n) is 10.00. The number of benzene rings is 3. The van der Waals surface area contributed by atoms with Gasteiger partial charge in [0.25, 0.3) is 5.69 Å². The number of ether oxygens (including phenoxy) is 1. The number of fused-ring (bicyclic) bond motifs is 1. The lowest BCUT2D eigenvalue weighted by Crippen LogP contribution is -2.43. The van der Waals surface area contributed by atoms with Crippen molar-refractivity contribution in [3.63, 3.8) is 0 Å². The summed E-state index contributed by atoms with van der Waals surface area (Å²) >= 11 is 0. The second-order valence-corrected chi connectivity index (χ2v) is 9.04. The van der Waals surface area contributed by atoms with Gasteiger partial charge in [-0.15, -0.1) is 0 Å². The molecule has 8 nitrogen and oxygen atoms in total. The predicted molar refractivity (Wildman–Crippen MR) is 117 cm³/mol. The normalized spacial score (nSPS) is 16.3. The van der Waals surface area contributed by atoms with Crippen LogP contribution in [0.2, 0.25) is 0 Å². The van der Waals surface area contributed by atoms with E-state index in [2.05, 4.69) is 9.62 Å². The van der Waals surface area contributed by atoms with Crippen LogP contribution in [0.15, 0.2) is 71.6 Å². The van der Waals surface area contributed by atoms with Crippen LogP contribution < -0.4 is 4.72 Å². The van der Waals surface area contributed by atoms with Gasteiger partial charge >= 0.3 is 0 Å². The molecule has 1 N–H and O–H groups in total. The van der Waals surface area contributed by atoms with Gasteiger partial charge < -0.3 is 4.74 Å². The fraction of sp³-hybridized carbons (Fsp3) is 0.273. The second-order valence-electron chi connectivity index (χ2n) is 7.31. The van der Waals surface area contributed by atoms with Crippen LogP contribution >= 0.6 is 0 Å². The van der Waals surface area contributed by atoms with Crippen molar-refractivity contribution in [1.82, 2.24) is 9.62 Å². The van der Waals surface area contributed by atoms with E-state index in [4.69, 9.17) is 4.74 Å². The number of sulfonamides is 1. The molecule has 1 fully saturated rings. The Morgan fingerprint density at radius 1 is 1.00 bits per heavy atom. The van der Waals surface area contributed by atoms with E-state index < -0.39 is 20.6 Å². The average molecular weight is 442 g/mol. The number of para-hydroxylation sites is 1. The minimum atomic E-state index is -4.08. The zero-order valence-electron chi connectivity index (χ0n) is 16.8. The summed E-state index contributed by atoms with van der Waals surface area (Å²) in [6, 6.07) is 19.1. The van der Waals surface area contributed by atoms with E-state index >= 15 is 0 Å². The van der Waals surface area contributed by atoms with Gasteiger partial charge in [-0.3, -0.25) is 15.0 Å². The quantitative estimate of drug-likeness (QED) is 0.447. The molecule has 1 atom stereocenters. The first kappa shape index (κ1) is 21.4. The van der Waals surface area contributed by atoms with E-state index in [1.807, 2.05) is 42.5 Å². The zero-order chi connectivity index (χ0) is 21.8. The summed E-state index contributed by atoms with van der Waals surface area (Å²) < 4.78 is 34.1. The summed E-state index contributed by atoms with van der Waals surface area (Å²) in [6.45, 7) is 2.56. The molecular weight excluding hydrogens is 418 g/mol. The zero-order valence-corrected chi connectivity index (χ0v) is 17.6. The van der Waals surface area contributed by atoms with Gasteiger partial charge in [-0.2, -0.15) is 0 Å². The van der Waals surface area contributed by atoms with Crippen LogP contribution in [0.1, 0.15) is 11.6 Å². The molecule has 0 unspecified atom stereocenters. The van der Waals surface area contributed by atoms with Crippen molar-refractivity contribution >= 4 is 26.5 Å². The van der Waals surface area contributed by atoms with E-state index in [-0.39, 0.29) is 17.5 Å². The Kier molecular flexibility index (Phi) is 6.28. The van der Waals surface area contributed by atoms with E-state index in [1.54, 1.807) is 0 Å². The minimum Gasteiger partial charge on any atom is -0.379 e. The smallest absolute Gasteiger partial charge is 0.289 e. The molecule has 1 heterocycles. The van der Waals surface area contributed by atoms with E-state index in [0.717, 1.165) is 16.3 Å². The average Bonchev–Trinajstić information content (AvgIpc) is 2.80. The van der Waals surface area contributed by atoms with Crippen LogP contribution in [0.5, 0.6) is 0 Å². The number of nitro groups is 1. The fourth-order valence-corrected chi connectivity index (χ4v) is 5.18. The maximum Gasteiger partial charge on any atom is 0.289 e. The Morgan fingerprint density at radius 2 is 1.68 bits per heavy atom. The van der Waals surface area contributed by atoms with Crippen molar-refractivity contribution in [2.45, 2.75) is 10.9 Å². The van der Waals surface area contributed by atoms with Crippen molar-refractivity contribution < 1.29 is 18.1 Å². The lowest BCUT2D eigenvalue weighted by Gasteiger charge is -2.35. The molecule has 0 radical (unpaired) electrons. The first-order valence-corrected chi connectivity index (χ1v) is 11.5. The number of nitrogens with zero attached hydrogens (tertiary/aromatic N) is 2. The summed E-state index contributed by atoms with van der Waals surface area (Å²) in [5, 5.41) is 13.4. The van der Waals surface area contributed by atoms with Gasteiger partial charge in [-0.1, -0.05) is 54.6 Å². The van der Waals surface area contributed by atoms with Gasteiger partial charge in [0, 0.05) is 31.7 Å². The van der Waals surface area contributed by atoms with Gasteiger partial charge in [-0.25, -0.2) is 13.1 Å². The molecule has 0 amide bonds. The molecule has 3 aromatic rings. The van der Waals surface area contributed by atoms with Crippen LogP contribution in [0.3, 0.4) is 0 Å². The topological polar surface area (TPSA) is 102 Å². The van der Waals surface area contributed by atoms with Crippen LogP contribution in [-0.4, -0.2) is 51.1 Å². The molecule has 1 aliphatic rings. The third kappa shape index (κ3) is 4.59. The molecule has 0 aliphatic carbocycles. The number of nitrogens with one attached hydrogen (secondary N) is 1.